The van der Waals surface area contributed by atoms with Gasteiger partial charge in [0.2, 0.25) is 0 Å². The fourth-order valence-electron chi connectivity index (χ4n) is 0.912. The Kier molecular flexibility index (Phi) is 9.80. The monoisotopic (exact) mass is 383 g/mol. The molecule has 0 heterocycles. The Morgan fingerprint density at radius 2 is 1.78 bits per heavy atom. The number of methoxy groups -OCH3 is 1. The summed E-state index contributed by atoms with van der Waals surface area (Å²) < 4.78 is 40.9. The highest BCUT2D eigenvalue weighted by atomic mass is 127. The number of guanidine groups is 1. The number of hydrogen-bond donors (Lipinski definition) is 2. The van der Waals surface area contributed by atoms with Crippen LogP contribution in [-0.4, -0.2) is 45.0 Å². The fourth-order valence-corrected chi connectivity index (χ4v) is 0.912. The molecule has 0 aliphatic carbocycles. The van der Waals surface area contributed by atoms with Crippen molar-refractivity contribution < 1.29 is 17.9 Å². The molecule has 0 bridgehead atoms. The van der Waals surface area contributed by atoms with E-state index in [1.165, 1.54) is 7.05 Å². The van der Waals surface area contributed by atoms with Gasteiger partial charge in [0.25, 0.3) is 0 Å². The van der Waals surface area contributed by atoms with Crippen LogP contribution in [0.2, 0.25) is 0 Å². The van der Waals surface area contributed by atoms with E-state index in [1.54, 1.807) is 7.11 Å². The van der Waals surface area contributed by atoms with E-state index in [0.717, 1.165) is 0 Å². The van der Waals surface area contributed by atoms with Gasteiger partial charge in [0.05, 0.1) is 12.0 Å². The molecular weight excluding hydrogens is 362 g/mol. The molecule has 0 rings (SSSR count). The average Bonchev–Trinajstić information content (AvgIpc) is 2.21. The first kappa shape index (κ1) is 20.1. The molecule has 0 aliphatic heterocycles. The Labute approximate surface area is 123 Å². The van der Waals surface area contributed by atoms with Crippen LogP contribution in [0.1, 0.15) is 20.3 Å². The van der Waals surface area contributed by atoms with Gasteiger partial charge in [-0.25, -0.2) is 0 Å². The van der Waals surface area contributed by atoms with Gasteiger partial charge < -0.3 is 15.4 Å². The minimum atomic E-state index is -4.16. The molecule has 0 aromatic carbocycles. The van der Waals surface area contributed by atoms with Crippen molar-refractivity contribution in [3.63, 3.8) is 0 Å². The van der Waals surface area contributed by atoms with Crippen molar-refractivity contribution in [1.29, 1.82) is 0 Å². The van der Waals surface area contributed by atoms with Gasteiger partial charge in [-0.05, 0) is 13.8 Å². The van der Waals surface area contributed by atoms with Gasteiger partial charge in [-0.2, -0.15) is 13.2 Å². The van der Waals surface area contributed by atoms with Crippen LogP contribution >= 0.6 is 24.0 Å². The van der Waals surface area contributed by atoms with Gasteiger partial charge in [-0.1, -0.05) is 0 Å². The van der Waals surface area contributed by atoms with Crippen LogP contribution in [0, 0.1) is 0 Å². The lowest BCUT2D eigenvalue weighted by Crippen LogP contribution is -2.45. The molecule has 0 aromatic heterocycles. The molecule has 0 aliphatic rings. The second kappa shape index (κ2) is 8.78. The number of nitrogens with one attached hydrogen (secondary N) is 2. The third kappa shape index (κ3) is 10.9. The van der Waals surface area contributed by atoms with E-state index >= 15 is 0 Å². The fraction of sp³-hybridized carbons (Fsp3) is 0.900. The predicted octanol–water partition coefficient (Wildman–Crippen LogP) is 2.15. The zero-order valence-electron chi connectivity index (χ0n) is 11.0. The normalized spacial score (nSPS) is 12.9. The van der Waals surface area contributed by atoms with Crippen molar-refractivity contribution in [3.8, 4) is 0 Å². The number of halogens is 4. The van der Waals surface area contributed by atoms with E-state index in [4.69, 9.17) is 4.74 Å². The number of hydrogen-bond acceptors (Lipinski definition) is 2. The maximum atomic E-state index is 11.9. The molecule has 0 saturated carbocycles. The van der Waals surface area contributed by atoms with E-state index < -0.39 is 18.2 Å². The van der Waals surface area contributed by atoms with Crippen molar-refractivity contribution >= 4 is 29.9 Å². The Bertz CT molecular complexity index is 257. The van der Waals surface area contributed by atoms with Gasteiger partial charge in [-0.3, -0.25) is 4.99 Å². The Hall–Kier alpha value is -0.250. The van der Waals surface area contributed by atoms with Gasteiger partial charge in [0, 0.05) is 27.2 Å². The van der Waals surface area contributed by atoms with Crippen molar-refractivity contribution in [2.75, 3.05) is 27.2 Å². The zero-order chi connectivity index (χ0) is 13.5. The summed E-state index contributed by atoms with van der Waals surface area (Å²) in [6.07, 6.45) is -5.04. The molecule has 110 valence electrons. The van der Waals surface area contributed by atoms with Crippen LogP contribution in [-0.2, 0) is 4.74 Å². The van der Waals surface area contributed by atoms with Gasteiger partial charge >= 0.3 is 6.18 Å². The highest BCUT2D eigenvalue weighted by Crippen LogP contribution is 2.18. The topological polar surface area (TPSA) is 45.7 Å². The van der Waals surface area contributed by atoms with E-state index in [-0.39, 0.29) is 30.5 Å². The third-order valence-electron chi connectivity index (χ3n) is 2.16. The predicted molar refractivity (Wildman–Crippen MR) is 76.5 cm³/mol. The number of rotatable bonds is 5. The summed E-state index contributed by atoms with van der Waals surface area (Å²) in [5, 5.41) is 5.48. The number of alkyl halides is 3. The van der Waals surface area contributed by atoms with E-state index in [2.05, 4.69) is 15.6 Å². The third-order valence-corrected chi connectivity index (χ3v) is 2.16. The lowest BCUT2D eigenvalue weighted by Gasteiger charge is -2.24. The summed E-state index contributed by atoms with van der Waals surface area (Å²) >= 11 is 0. The standard InChI is InChI=1S/C10H20F3N3O.HI/c1-9(2,17-4)7-16-8(14-3)15-6-5-10(11,12)13;/h5-7H2,1-4H3,(H2,14,15,16);1H. The molecule has 0 radical (unpaired) electrons. The number of ether oxygens (including phenoxy) is 1. The Morgan fingerprint density at radius 1 is 1.22 bits per heavy atom. The summed E-state index contributed by atoms with van der Waals surface area (Å²) in [5.41, 5.74) is -0.401. The molecular formula is C10H21F3IN3O. The van der Waals surface area contributed by atoms with Crippen LogP contribution < -0.4 is 10.6 Å². The summed E-state index contributed by atoms with van der Waals surface area (Å²) in [6.45, 7) is 3.98. The lowest BCUT2D eigenvalue weighted by molar-refractivity contribution is -0.132. The van der Waals surface area contributed by atoms with E-state index in [9.17, 15) is 13.2 Å². The highest BCUT2D eigenvalue weighted by Gasteiger charge is 2.26. The molecule has 8 heteroatoms. The summed E-state index contributed by atoms with van der Waals surface area (Å²) in [4.78, 5) is 3.82. The van der Waals surface area contributed by atoms with Crippen LogP contribution in [0.5, 0.6) is 0 Å². The first-order valence-electron chi connectivity index (χ1n) is 5.26. The van der Waals surface area contributed by atoms with E-state index in [0.29, 0.717) is 12.5 Å². The molecule has 0 saturated heterocycles. The van der Waals surface area contributed by atoms with Gasteiger partial charge in [0.1, 0.15) is 0 Å². The Balaban J connectivity index is 0. The molecule has 0 unspecified atom stereocenters. The van der Waals surface area contributed by atoms with Gasteiger partial charge in [-0.15, -0.1) is 24.0 Å². The van der Waals surface area contributed by atoms with Crippen molar-refractivity contribution in [2.45, 2.75) is 32.0 Å². The highest BCUT2D eigenvalue weighted by molar-refractivity contribution is 14.0. The minimum Gasteiger partial charge on any atom is -0.377 e. The quantitative estimate of drug-likeness (QED) is 0.435. The summed E-state index contributed by atoms with van der Waals surface area (Å²) in [6, 6.07) is 0. The largest absolute Gasteiger partial charge is 0.390 e. The van der Waals surface area contributed by atoms with Gasteiger partial charge in [0.15, 0.2) is 5.96 Å². The second-order valence-electron chi connectivity index (χ2n) is 4.18. The smallest absolute Gasteiger partial charge is 0.377 e. The molecule has 0 atom stereocenters. The minimum absolute atomic E-state index is 0. The molecule has 0 aromatic rings. The SMILES string of the molecule is CN=C(NCCC(F)(F)F)NCC(C)(C)OC.I. The van der Waals surface area contributed by atoms with Crippen molar-refractivity contribution in [2.24, 2.45) is 4.99 Å². The van der Waals surface area contributed by atoms with Crippen molar-refractivity contribution in [1.82, 2.24) is 10.6 Å². The zero-order valence-corrected chi connectivity index (χ0v) is 13.3. The van der Waals surface area contributed by atoms with Crippen LogP contribution in [0.25, 0.3) is 0 Å². The molecule has 0 amide bonds. The second-order valence-corrected chi connectivity index (χ2v) is 4.18. The average molecular weight is 383 g/mol. The maximum absolute atomic E-state index is 11.9. The van der Waals surface area contributed by atoms with Crippen LogP contribution in [0.4, 0.5) is 13.2 Å². The summed E-state index contributed by atoms with van der Waals surface area (Å²) in [5.74, 6) is 0.333. The number of aliphatic imine (C=N–C) groups is 1. The van der Waals surface area contributed by atoms with E-state index in [1.807, 2.05) is 13.8 Å². The van der Waals surface area contributed by atoms with Crippen LogP contribution in [0.3, 0.4) is 0 Å². The van der Waals surface area contributed by atoms with Crippen molar-refractivity contribution in [3.05, 3.63) is 0 Å². The molecule has 0 spiro atoms. The maximum Gasteiger partial charge on any atom is 0.390 e. The summed E-state index contributed by atoms with van der Waals surface area (Å²) in [7, 11) is 3.07. The number of nitrogens with zero attached hydrogens (tertiary/aromatic N) is 1. The molecule has 2 N–H and O–H groups in total. The molecule has 18 heavy (non-hydrogen) atoms. The molecule has 0 fully saturated rings. The first-order valence-corrected chi connectivity index (χ1v) is 5.26. The van der Waals surface area contributed by atoms with Crippen LogP contribution in [0.15, 0.2) is 4.99 Å². The molecule has 4 nitrogen and oxygen atoms in total. The first-order chi connectivity index (χ1) is 7.70. The Morgan fingerprint density at radius 3 is 2.17 bits per heavy atom. The lowest BCUT2D eigenvalue weighted by atomic mass is 10.1.